The number of aromatic nitrogens is 4. The quantitative estimate of drug-likeness (QED) is 0.782. The summed E-state index contributed by atoms with van der Waals surface area (Å²) in [6.07, 6.45) is 0.665. The van der Waals surface area contributed by atoms with Crippen LogP contribution in [0, 0.1) is 0 Å². The zero-order valence-electron chi connectivity index (χ0n) is 10.5. The van der Waals surface area contributed by atoms with Crippen molar-refractivity contribution in [2.45, 2.75) is 26.3 Å². The van der Waals surface area contributed by atoms with E-state index in [1.807, 2.05) is 24.8 Å². The maximum atomic E-state index is 11.5. The number of rotatable bonds is 5. The summed E-state index contributed by atoms with van der Waals surface area (Å²) in [7, 11) is 0. The Labute approximate surface area is 104 Å². The smallest absolute Gasteiger partial charge is 0.364 e. The van der Waals surface area contributed by atoms with E-state index in [2.05, 4.69) is 15.3 Å². The number of hydrogen-bond acceptors (Lipinski definition) is 5. The van der Waals surface area contributed by atoms with Gasteiger partial charge in [-0.15, -0.1) is 5.10 Å². The Hall–Kier alpha value is -1.89. The van der Waals surface area contributed by atoms with Gasteiger partial charge in [-0.3, -0.25) is 0 Å². The van der Waals surface area contributed by atoms with Crippen molar-refractivity contribution in [3.05, 3.63) is 22.6 Å². The van der Waals surface area contributed by atoms with Gasteiger partial charge in [0, 0.05) is 19.2 Å². The number of nitrogens with zero attached hydrogens (tertiary/aromatic N) is 4. The third-order valence-electron chi connectivity index (χ3n) is 2.73. The average molecular weight is 251 g/mol. The Morgan fingerprint density at radius 1 is 1.50 bits per heavy atom. The fourth-order valence-electron chi connectivity index (χ4n) is 1.82. The van der Waals surface area contributed by atoms with E-state index in [1.54, 1.807) is 6.07 Å². The summed E-state index contributed by atoms with van der Waals surface area (Å²) in [4.78, 5) is 13.5. The van der Waals surface area contributed by atoms with Crippen LogP contribution < -0.4 is 10.6 Å². The molecule has 0 spiro atoms. The first-order chi connectivity index (χ1) is 8.63. The lowest BCUT2D eigenvalue weighted by molar-refractivity contribution is 0.288. The Morgan fingerprint density at radius 2 is 2.28 bits per heavy atom. The molecule has 7 heteroatoms. The molecule has 98 valence electrons. The number of aliphatic hydroxyl groups is 1. The average Bonchev–Trinajstić information content (AvgIpc) is 2.71. The Balaban J connectivity index is 2.37. The number of aliphatic hydroxyl groups excluding tert-OH is 1. The third kappa shape index (κ3) is 2.35. The second-order valence-electron chi connectivity index (χ2n) is 4.35. The first kappa shape index (κ1) is 12.6. The van der Waals surface area contributed by atoms with Crippen molar-refractivity contribution in [1.82, 2.24) is 19.8 Å². The molecule has 2 aromatic rings. The molecule has 0 atom stereocenters. The van der Waals surface area contributed by atoms with E-state index in [-0.39, 0.29) is 18.3 Å². The van der Waals surface area contributed by atoms with Crippen LogP contribution in [0.4, 0.5) is 5.82 Å². The standard InChI is InChI=1S/C11H17N5O2/c1-8(2)15(6-3-7-17)10-5-4-9-12-13-11(18)16(9)14-10/h4-5,8,17H,3,6-7H2,1-2H3,(H,13,18). The molecule has 2 heterocycles. The van der Waals surface area contributed by atoms with Crippen molar-refractivity contribution >= 4 is 11.5 Å². The number of fused-ring (bicyclic) bond motifs is 1. The summed E-state index contributed by atoms with van der Waals surface area (Å²) in [5, 5.41) is 19.4. The second-order valence-corrected chi connectivity index (χ2v) is 4.35. The van der Waals surface area contributed by atoms with E-state index in [9.17, 15) is 4.79 Å². The minimum atomic E-state index is -0.349. The van der Waals surface area contributed by atoms with Gasteiger partial charge in [-0.25, -0.2) is 9.89 Å². The molecule has 0 aliphatic carbocycles. The number of H-pyrrole nitrogens is 1. The summed E-state index contributed by atoms with van der Waals surface area (Å²) in [6.45, 7) is 4.92. The fourth-order valence-corrected chi connectivity index (χ4v) is 1.82. The SMILES string of the molecule is CC(C)N(CCCO)c1ccc2n[nH]c(=O)n2n1. The molecule has 0 amide bonds. The number of hydrogen-bond donors (Lipinski definition) is 2. The van der Waals surface area contributed by atoms with Crippen molar-refractivity contribution in [1.29, 1.82) is 0 Å². The van der Waals surface area contributed by atoms with Crippen molar-refractivity contribution < 1.29 is 5.11 Å². The van der Waals surface area contributed by atoms with E-state index < -0.39 is 0 Å². The van der Waals surface area contributed by atoms with E-state index in [0.29, 0.717) is 24.4 Å². The van der Waals surface area contributed by atoms with E-state index in [1.165, 1.54) is 4.52 Å². The third-order valence-corrected chi connectivity index (χ3v) is 2.73. The van der Waals surface area contributed by atoms with E-state index in [4.69, 9.17) is 5.11 Å². The number of nitrogens with one attached hydrogen (secondary N) is 1. The summed E-state index contributed by atoms with van der Waals surface area (Å²) in [5.74, 6) is 0.703. The molecule has 0 saturated carbocycles. The van der Waals surface area contributed by atoms with Crippen LogP contribution in [0.25, 0.3) is 5.65 Å². The lowest BCUT2D eigenvalue weighted by Crippen LogP contribution is -2.33. The number of aromatic amines is 1. The lowest BCUT2D eigenvalue weighted by Gasteiger charge is -2.27. The highest BCUT2D eigenvalue weighted by atomic mass is 16.3. The maximum Gasteiger partial charge on any atom is 0.364 e. The van der Waals surface area contributed by atoms with Gasteiger partial charge in [0.25, 0.3) is 0 Å². The Morgan fingerprint density at radius 3 is 2.94 bits per heavy atom. The van der Waals surface area contributed by atoms with E-state index >= 15 is 0 Å². The van der Waals surface area contributed by atoms with Gasteiger partial charge in [0.05, 0.1) is 0 Å². The van der Waals surface area contributed by atoms with Crippen molar-refractivity contribution in [2.24, 2.45) is 0 Å². The molecular formula is C11H17N5O2. The zero-order valence-corrected chi connectivity index (χ0v) is 10.5. The van der Waals surface area contributed by atoms with Gasteiger partial charge < -0.3 is 10.0 Å². The molecule has 18 heavy (non-hydrogen) atoms. The van der Waals surface area contributed by atoms with Crippen LogP contribution in [-0.2, 0) is 0 Å². The first-order valence-electron chi connectivity index (χ1n) is 5.95. The van der Waals surface area contributed by atoms with Gasteiger partial charge in [0.2, 0.25) is 0 Å². The zero-order chi connectivity index (χ0) is 13.1. The molecule has 2 aromatic heterocycles. The predicted molar refractivity (Wildman–Crippen MR) is 67.8 cm³/mol. The molecular weight excluding hydrogens is 234 g/mol. The van der Waals surface area contributed by atoms with Crippen LogP contribution in [0.2, 0.25) is 0 Å². The highest BCUT2D eigenvalue weighted by Gasteiger charge is 2.13. The van der Waals surface area contributed by atoms with Gasteiger partial charge in [0.1, 0.15) is 5.82 Å². The minimum Gasteiger partial charge on any atom is -0.396 e. The highest BCUT2D eigenvalue weighted by Crippen LogP contribution is 2.14. The van der Waals surface area contributed by atoms with Crippen LogP contribution in [0.1, 0.15) is 20.3 Å². The fraction of sp³-hybridized carbons (Fsp3) is 0.545. The van der Waals surface area contributed by atoms with Crippen LogP contribution in [0.5, 0.6) is 0 Å². The molecule has 2 rings (SSSR count). The highest BCUT2D eigenvalue weighted by molar-refractivity contribution is 5.45. The van der Waals surface area contributed by atoms with Crippen LogP contribution in [0.3, 0.4) is 0 Å². The van der Waals surface area contributed by atoms with Crippen molar-refractivity contribution in [2.75, 3.05) is 18.1 Å². The Kier molecular flexibility index (Phi) is 3.61. The molecule has 0 saturated heterocycles. The van der Waals surface area contributed by atoms with Crippen LogP contribution in [-0.4, -0.2) is 44.1 Å². The summed E-state index contributed by atoms with van der Waals surface area (Å²) >= 11 is 0. The molecule has 0 aliphatic heterocycles. The Bertz CT molecular complexity index is 574. The van der Waals surface area contributed by atoms with Crippen LogP contribution >= 0.6 is 0 Å². The van der Waals surface area contributed by atoms with Gasteiger partial charge in [0.15, 0.2) is 5.65 Å². The minimum absolute atomic E-state index is 0.136. The van der Waals surface area contributed by atoms with Crippen molar-refractivity contribution in [3.8, 4) is 0 Å². The molecule has 0 aromatic carbocycles. The van der Waals surface area contributed by atoms with Crippen molar-refractivity contribution in [3.63, 3.8) is 0 Å². The summed E-state index contributed by atoms with van der Waals surface area (Å²) in [6, 6.07) is 3.81. The van der Waals surface area contributed by atoms with Gasteiger partial charge in [-0.2, -0.15) is 9.61 Å². The number of anilines is 1. The molecule has 0 bridgehead atoms. The summed E-state index contributed by atoms with van der Waals surface area (Å²) < 4.78 is 1.24. The van der Waals surface area contributed by atoms with Crippen LogP contribution in [0.15, 0.2) is 16.9 Å². The molecule has 2 N–H and O–H groups in total. The van der Waals surface area contributed by atoms with Gasteiger partial charge in [-0.1, -0.05) is 0 Å². The lowest BCUT2D eigenvalue weighted by atomic mass is 10.3. The molecule has 7 nitrogen and oxygen atoms in total. The second kappa shape index (κ2) is 5.18. The molecule has 0 aliphatic rings. The topological polar surface area (TPSA) is 86.5 Å². The molecule has 0 unspecified atom stereocenters. The van der Waals surface area contributed by atoms with Gasteiger partial charge in [-0.05, 0) is 32.4 Å². The molecule has 0 fully saturated rings. The van der Waals surface area contributed by atoms with Gasteiger partial charge >= 0.3 is 5.69 Å². The first-order valence-corrected chi connectivity index (χ1v) is 5.95. The van der Waals surface area contributed by atoms with E-state index in [0.717, 1.165) is 0 Å². The molecule has 0 radical (unpaired) electrons. The largest absolute Gasteiger partial charge is 0.396 e. The monoisotopic (exact) mass is 251 g/mol. The maximum absolute atomic E-state index is 11.5. The predicted octanol–water partition coefficient (Wildman–Crippen LogP) is 0.0148. The summed E-state index contributed by atoms with van der Waals surface area (Å²) in [5.41, 5.74) is 0.146. The normalized spacial score (nSPS) is 11.3.